The van der Waals surface area contributed by atoms with Gasteiger partial charge in [-0.05, 0) is 23.5 Å². The van der Waals surface area contributed by atoms with Gasteiger partial charge < -0.3 is 5.73 Å². The van der Waals surface area contributed by atoms with Crippen LogP contribution in [0.4, 0.5) is 0 Å². The fraction of sp³-hybridized carbons (Fsp3) is 0.333. The molecule has 0 aromatic heterocycles. The van der Waals surface area contributed by atoms with Crippen LogP contribution in [0.2, 0.25) is 0 Å². The summed E-state index contributed by atoms with van der Waals surface area (Å²) in [6.45, 7) is 16.2. The lowest BCUT2D eigenvalue weighted by Crippen LogP contribution is -2.05. The first-order valence-corrected chi connectivity index (χ1v) is 5.43. The van der Waals surface area contributed by atoms with Gasteiger partial charge in [0.1, 0.15) is 0 Å². The van der Waals surface area contributed by atoms with Crippen LogP contribution in [0.5, 0.6) is 0 Å². The Bertz CT molecular complexity index is 346. The molecule has 2 N–H and O–H groups in total. The lowest BCUT2D eigenvalue weighted by Gasteiger charge is -2.18. The van der Waals surface area contributed by atoms with Crippen molar-refractivity contribution in [2.24, 2.45) is 11.1 Å². The molecular weight excluding hydrogens is 194 g/mol. The maximum Gasteiger partial charge on any atom is 0.00173 e. The Morgan fingerprint density at radius 2 is 1.50 bits per heavy atom. The van der Waals surface area contributed by atoms with Crippen LogP contribution in [0.1, 0.15) is 27.7 Å². The van der Waals surface area contributed by atoms with Crippen LogP contribution in [0.15, 0.2) is 60.4 Å². The molecule has 1 nitrogen and oxygen atoms in total. The summed E-state index contributed by atoms with van der Waals surface area (Å²) in [5, 5.41) is 0. The Morgan fingerprint density at radius 3 is 1.81 bits per heavy atom. The molecule has 0 saturated carbocycles. The van der Waals surface area contributed by atoms with Gasteiger partial charge in [-0.1, -0.05) is 63.8 Å². The van der Waals surface area contributed by atoms with E-state index in [0.29, 0.717) is 0 Å². The van der Waals surface area contributed by atoms with Crippen LogP contribution in [0.3, 0.4) is 0 Å². The molecule has 0 rings (SSSR count). The fourth-order valence-electron chi connectivity index (χ4n) is 1.03. The summed E-state index contributed by atoms with van der Waals surface area (Å²) in [6, 6.07) is 0. The van der Waals surface area contributed by atoms with Crippen LogP contribution < -0.4 is 5.73 Å². The largest absolute Gasteiger partial charge is 0.404 e. The Morgan fingerprint density at radius 1 is 1.00 bits per heavy atom. The summed E-state index contributed by atoms with van der Waals surface area (Å²) in [5.41, 5.74) is 8.89. The summed E-state index contributed by atoms with van der Waals surface area (Å²) >= 11 is 0. The zero-order valence-corrected chi connectivity index (χ0v) is 10.9. The van der Waals surface area contributed by atoms with E-state index in [4.69, 9.17) is 5.73 Å². The minimum atomic E-state index is 0.184. The third kappa shape index (κ3) is 4.35. The molecule has 16 heavy (non-hydrogen) atoms. The molecule has 0 aliphatic rings. The van der Waals surface area contributed by atoms with Crippen LogP contribution in [0.25, 0.3) is 0 Å². The molecule has 0 aromatic rings. The van der Waals surface area contributed by atoms with E-state index in [1.165, 1.54) is 5.57 Å². The van der Waals surface area contributed by atoms with Crippen molar-refractivity contribution in [3.8, 4) is 0 Å². The maximum atomic E-state index is 5.51. The standard InChI is InChI=1S/C15H23N/c1-7-13(14(8-2)11-16)10-9-12(3)15(4,5)6/h7-11H,1-2,16H2,3-6H3/b12-9+,13-10-,14-11-. The summed E-state index contributed by atoms with van der Waals surface area (Å²) < 4.78 is 0. The van der Waals surface area contributed by atoms with Crippen LogP contribution >= 0.6 is 0 Å². The minimum absolute atomic E-state index is 0.184. The van der Waals surface area contributed by atoms with Crippen molar-refractivity contribution < 1.29 is 0 Å². The van der Waals surface area contributed by atoms with E-state index in [1.54, 1.807) is 18.4 Å². The van der Waals surface area contributed by atoms with Gasteiger partial charge in [-0.15, -0.1) is 0 Å². The average molecular weight is 217 g/mol. The molecule has 0 aliphatic carbocycles. The Labute approximate surface area is 99.7 Å². The minimum Gasteiger partial charge on any atom is -0.404 e. The van der Waals surface area contributed by atoms with E-state index in [0.717, 1.165) is 11.1 Å². The quantitative estimate of drug-likeness (QED) is 0.704. The molecule has 0 fully saturated rings. The van der Waals surface area contributed by atoms with Gasteiger partial charge in [0.15, 0.2) is 0 Å². The maximum absolute atomic E-state index is 5.51. The van der Waals surface area contributed by atoms with Crippen molar-refractivity contribution in [2.75, 3.05) is 0 Å². The molecule has 88 valence electrons. The summed E-state index contributed by atoms with van der Waals surface area (Å²) in [5.74, 6) is 0. The summed E-state index contributed by atoms with van der Waals surface area (Å²) in [6.07, 6.45) is 9.18. The molecular formula is C15H23N. The zero-order chi connectivity index (χ0) is 12.8. The molecule has 0 aliphatic heterocycles. The Balaban J connectivity index is 5.15. The van der Waals surface area contributed by atoms with Gasteiger partial charge in [0.05, 0.1) is 0 Å². The van der Waals surface area contributed by atoms with Crippen molar-refractivity contribution >= 4 is 0 Å². The predicted octanol–water partition coefficient (Wildman–Crippen LogP) is 4.12. The molecule has 0 atom stereocenters. The third-order valence-electron chi connectivity index (χ3n) is 2.65. The zero-order valence-electron chi connectivity index (χ0n) is 10.9. The normalized spacial score (nSPS) is 14.9. The van der Waals surface area contributed by atoms with Gasteiger partial charge in [-0.25, -0.2) is 0 Å². The van der Waals surface area contributed by atoms with Crippen LogP contribution in [-0.2, 0) is 0 Å². The summed E-state index contributed by atoms with van der Waals surface area (Å²) in [7, 11) is 0. The molecule has 0 amide bonds. The highest BCUT2D eigenvalue weighted by molar-refractivity contribution is 5.46. The monoisotopic (exact) mass is 217 g/mol. The molecule has 0 spiro atoms. The predicted molar refractivity (Wildman–Crippen MR) is 74.0 cm³/mol. The smallest absolute Gasteiger partial charge is 0.00173 e. The first-order valence-electron chi connectivity index (χ1n) is 5.43. The molecule has 0 heterocycles. The number of hydrogen-bond donors (Lipinski definition) is 1. The number of hydrogen-bond acceptors (Lipinski definition) is 1. The second-order valence-corrected chi connectivity index (χ2v) is 4.75. The van der Waals surface area contributed by atoms with E-state index < -0.39 is 0 Å². The Hall–Kier alpha value is -1.50. The second-order valence-electron chi connectivity index (χ2n) is 4.75. The molecule has 0 aromatic carbocycles. The van der Waals surface area contributed by atoms with Gasteiger partial charge in [-0.2, -0.15) is 0 Å². The lowest BCUT2D eigenvalue weighted by atomic mass is 9.87. The van der Waals surface area contributed by atoms with Gasteiger partial charge in [0.2, 0.25) is 0 Å². The number of rotatable bonds is 4. The highest BCUT2D eigenvalue weighted by Crippen LogP contribution is 2.24. The molecule has 1 heteroatoms. The van der Waals surface area contributed by atoms with E-state index in [2.05, 4.69) is 46.9 Å². The van der Waals surface area contributed by atoms with Gasteiger partial charge in [-0.3, -0.25) is 0 Å². The molecule has 0 radical (unpaired) electrons. The van der Waals surface area contributed by atoms with Crippen molar-refractivity contribution in [1.29, 1.82) is 0 Å². The van der Waals surface area contributed by atoms with E-state index in [9.17, 15) is 0 Å². The van der Waals surface area contributed by atoms with Crippen molar-refractivity contribution in [1.82, 2.24) is 0 Å². The third-order valence-corrected chi connectivity index (χ3v) is 2.65. The van der Waals surface area contributed by atoms with Crippen molar-refractivity contribution in [2.45, 2.75) is 27.7 Å². The van der Waals surface area contributed by atoms with Crippen LogP contribution in [0, 0.1) is 5.41 Å². The molecule has 0 unspecified atom stereocenters. The van der Waals surface area contributed by atoms with Crippen LogP contribution in [-0.4, -0.2) is 0 Å². The lowest BCUT2D eigenvalue weighted by molar-refractivity contribution is 0.504. The molecule has 0 bridgehead atoms. The first-order chi connectivity index (χ1) is 7.36. The summed E-state index contributed by atoms with van der Waals surface area (Å²) in [4.78, 5) is 0. The fourth-order valence-corrected chi connectivity index (χ4v) is 1.03. The van der Waals surface area contributed by atoms with Gasteiger partial charge >= 0.3 is 0 Å². The Kier molecular flexibility index (Phi) is 5.59. The van der Waals surface area contributed by atoms with Gasteiger partial charge in [0.25, 0.3) is 0 Å². The highest BCUT2D eigenvalue weighted by atomic mass is 14.5. The van der Waals surface area contributed by atoms with Crippen molar-refractivity contribution in [3.63, 3.8) is 0 Å². The van der Waals surface area contributed by atoms with E-state index in [1.807, 2.05) is 6.08 Å². The average Bonchev–Trinajstić information content (AvgIpc) is 2.22. The molecule has 0 saturated heterocycles. The van der Waals surface area contributed by atoms with E-state index in [-0.39, 0.29) is 5.41 Å². The van der Waals surface area contributed by atoms with Crippen molar-refractivity contribution in [3.05, 3.63) is 60.4 Å². The number of allylic oxidation sites excluding steroid dienone is 7. The second kappa shape index (κ2) is 6.16. The first kappa shape index (κ1) is 14.5. The number of nitrogens with two attached hydrogens (primary N) is 1. The SMILES string of the molecule is C=CC(=C/N)/C(C=C)=C\C=C(/C)C(C)(C)C. The topological polar surface area (TPSA) is 26.0 Å². The highest BCUT2D eigenvalue weighted by Gasteiger charge is 2.11. The van der Waals surface area contributed by atoms with Gasteiger partial charge in [0, 0.05) is 6.20 Å². The van der Waals surface area contributed by atoms with E-state index >= 15 is 0 Å².